The zero-order valence-corrected chi connectivity index (χ0v) is 62.6. The van der Waals surface area contributed by atoms with E-state index in [1.165, 1.54) is 24.3 Å². The number of esters is 2. The summed E-state index contributed by atoms with van der Waals surface area (Å²) in [6.45, 7) is 22.2. The third kappa shape index (κ3) is 28.3. The smallest absolute Gasteiger partial charge is 0.331 e. The minimum Gasteiger partial charge on any atom is -0.458 e. The SMILES string of the molecule is CO[C@H]1C[C@@H](CC[C@H](C)[C@H](O)[C@H](C)[C@H]2OC(=O)/C=C/C(C)=C/C[C@H](O)C[C@@H]3C=CC[C@@H](C[C@@H](OC)[C@H](C)[C@@H](O)C[C@@H](O)[C@H](C)[C@@H]([C@@H](C)[C@@H](O)[C@@H](C)CC[C@H]4C[C@H](OC)C[C@H](C)O4)OC(=O)/C=C/C(C)=C/[C@@H](O)[C@H](O)C[C@@H]4C=CC[C@@H](C[C@@H](OC)[C@H](C)[C@@H](O)C[C@@H](O)[C@@H]2C)O4)O3)O[C@@H](C)C1. The first-order valence-electron chi connectivity index (χ1n) is 37.2. The predicted molar refractivity (Wildman–Crippen MR) is 379 cm³/mol. The molecule has 0 saturated carbocycles. The van der Waals surface area contributed by atoms with Crippen molar-refractivity contribution in [3.8, 4) is 0 Å². The summed E-state index contributed by atoms with van der Waals surface area (Å²) in [7, 11) is 6.52. The molecule has 0 spiro atoms. The predicted octanol–water partition coefficient (Wildman–Crippen LogP) is 9.08. The molecule has 5 rings (SSSR count). The largest absolute Gasteiger partial charge is 0.458 e. The van der Waals surface area contributed by atoms with Crippen LogP contribution in [0.2, 0.25) is 0 Å². The molecular formula is C78H132O21. The molecule has 2 saturated heterocycles. The summed E-state index contributed by atoms with van der Waals surface area (Å²) in [5, 5.41) is 106. The number of ether oxygens (including phenoxy) is 10. The molecule has 5 aliphatic rings. The van der Waals surface area contributed by atoms with Gasteiger partial charge in [0.25, 0.3) is 0 Å². The summed E-state index contributed by atoms with van der Waals surface area (Å²) in [5.74, 6) is -5.84. The van der Waals surface area contributed by atoms with Gasteiger partial charge < -0.3 is 93.3 Å². The van der Waals surface area contributed by atoms with Crippen molar-refractivity contribution in [3.05, 3.63) is 71.9 Å². The lowest BCUT2D eigenvalue weighted by molar-refractivity contribution is -0.158. The molecule has 5 heterocycles. The second kappa shape index (κ2) is 43.2. The number of aliphatic hydroxyl groups excluding tert-OH is 9. The van der Waals surface area contributed by atoms with Gasteiger partial charge in [0.2, 0.25) is 0 Å². The molecule has 570 valence electrons. The second-order valence-corrected chi connectivity index (χ2v) is 30.5. The van der Waals surface area contributed by atoms with Crippen LogP contribution in [-0.4, -0.2) is 227 Å². The van der Waals surface area contributed by atoms with E-state index in [0.29, 0.717) is 62.5 Å². The van der Waals surface area contributed by atoms with Crippen LogP contribution in [0.15, 0.2) is 71.9 Å². The monoisotopic (exact) mass is 1400 g/mol. The zero-order valence-electron chi connectivity index (χ0n) is 62.6. The molecule has 21 heteroatoms. The third-order valence-corrected chi connectivity index (χ3v) is 22.3. The number of carbonyl (C=O) groups is 2. The molecule has 9 N–H and O–H groups in total. The molecule has 21 nitrogen and oxygen atoms in total. The van der Waals surface area contributed by atoms with E-state index < -0.39 is 145 Å². The molecule has 0 unspecified atom stereocenters. The van der Waals surface area contributed by atoms with E-state index in [4.69, 9.17) is 47.4 Å². The Labute approximate surface area is 592 Å². The minimum absolute atomic E-state index is 0.0219. The van der Waals surface area contributed by atoms with Gasteiger partial charge in [-0.2, -0.15) is 0 Å². The minimum atomic E-state index is -1.36. The lowest BCUT2D eigenvalue weighted by Crippen LogP contribution is -2.45. The average Bonchev–Trinajstić information content (AvgIpc) is 0.869. The lowest BCUT2D eigenvalue weighted by atomic mass is 9.78. The zero-order chi connectivity index (χ0) is 73.4. The van der Waals surface area contributed by atoms with Crippen molar-refractivity contribution in [3.63, 3.8) is 0 Å². The fourth-order valence-electron chi connectivity index (χ4n) is 15.4. The molecule has 2 fully saturated rings. The van der Waals surface area contributed by atoms with Crippen LogP contribution >= 0.6 is 0 Å². The Morgan fingerprint density at radius 1 is 0.465 bits per heavy atom. The number of cyclic esters (lactones) is 2. The van der Waals surface area contributed by atoms with Crippen molar-refractivity contribution in [2.24, 2.45) is 47.3 Å². The van der Waals surface area contributed by atoms with Crippen LogP contribution in [0.4, 0.5) is 0 Å². The summed E-state index contributed by atoms with van der Waals surface area (Å²) in [5.41, 5.74) is 1.12. The quantitative estimate of drug-likeness (QED) is 0.0514. The van der Waals surface area contributed by atoms with Crippen molar-refractivity contribution in [1.82, 2.24) is 0 Å². The van der Waals surface area contributed by atoms with Crippen molar-refractivity contribution < 1.29 is 103 Å². The van der Waals surface area contributed by atoms with Gasteiger partial charge in [-0.1, -0.05) is 115 Å². The van der Waals surface area contributed by atoms with E-state index in [0.717, 1.165) is 25.7 Å². The Balaban J connectivity index is 1.38. The van der Waals surface area contributed by atoms with Crippen molar-refractivity contribution >= 4 is 11.9 Å². The lowest BCUT2D eigenvalue weighted by Gasteiger charge is -2.38. The van der Waals surface area contributed by atoms with Gasteiger partial charge in [0.15, 0.2) is 0 Å². The van der Waals surface area contributed by atoms with E-state index >= 15 is 0 Å². The third-order valence-electron chi connectivity index (χ3n) is 22.3. The number of rotatable bonds is 16. The fraction of sp³-hybridized carbons (Fsp3) is 0.821. The Hall–Kier alpha value is -3.30. The van der Waals surface area contributed by atoms with E-state index in [2.05, 4.69) is 0 Å². The molecule has 0 amide bonds. The fourth-order valence-corrected chi connectivity index (χ4v) is 15.4. The highest BCUT2D eigenvalue weighted by Crippen LogP contribution is 2.37. The van der Waals surface area contributed by atoms with E-state index in [1.54, 1.807) is 69.1 Å². The van der Waals surface area contributed by atoms with Crippen LogP contribution in [0.25, 0.3) is 0 Å². The number of hydrogen-bond donors (Lipinski definition) is 9. The standard InChI is InChI=1S/C78H132O21/c1-44-23-28-56(79)36-57-19-17-21-59(96-57)40-71(92-15)50(7)65(80)42-68(83)53(10)78(55(12)76(89)47(4)27-30-62-38-64(91-14)35-49(6)95-62)99-74(87)32-25-45(2)33-69(84)70(85)39-58-20-18-22-60(97-58)41-72(93-16)51(8)66(81)43-67(82)52(9)77(98-73(86)31-24-44)54(11)75(88)46(3)26-29-61-37-63(90-13)34-48(5)94-61/h17-20,23-25,31-33,46-72,75-85,88-89H,21-22,26-30,34-43H2,1-16H3/b31-24+,32-25+,44-23+,45-33+/t46-,47-,48-,49-,50+,51+,52-,53-,54-,55-,56-,57-,58-,59-,60-,61+,62-,63+,64+,65-,66-,67+,68+,69+,70+,71+,72+,75-,76-,77-,78-/m0/s1. The summed E-state index contributed by atoms with van der Waals surface area (Å²) in [6.07, 6.45) is 9.79. The van der Waals surface area contributed by atoms with Crippen LogP contribution in [0, 0.1) is 47.3 Å². The highest BCUT2D eigenvalue weighted by atomic mass is 16.6. The number of carbonyl (C=O) groups excluding carboxylic acids is 2. The Morgan fingerprint density at radius 3 is 1.28 bits per heavy atom. The number of allylic oxidation sites excluding steroid dienone is 4. The molecule has 4 bridgehead atoms. The van der Waals surface area contributed by atoms with E-state index in [1.807, 2.05) is 78.8 Å². The first-order chi connectivity index (χ1) is 46.8. The average molecular weight is 1410 g/mol. The Bertz CT molecular complexity index is 2520. The molecule has 31 atom stereocenters. The number of fused-ring (bicyclic) bond motifs is 4. The van der Waals surface area contributed by atoms with Crippen LogP contribution in [-0.2, 0) is 57.0 Å². The van der Waals surface area contributed by atoms with E-state index in [9.17, 15) is 55.5 Å². The maximum Gasteiger partial charge on any atom is 0.331 e. The van der Waals surface area contributed by atoms with Crippen molar-refractivity contribution in [2.75, 3.05) is 28.4 Å². The summed E-state index contributed by atoms with van der Waals surface area (Å²) in [4.78, 5) is 27.8. The molecule has 0 aromatic rings. The maximum absolute atomic E-state index is 13.9. The summed E-state index contributed by atoms with van der Waals surface area (Å²) in [6, 6.07) is 0. The first kappa shape index (κ1) is 86.3. The molecular weight excluding hydrogens is 1270 g/mol. The Morgan fingerprint density at radius 2 is 0.869 bits per heavy atom. The first-order valence-corrected chi connectivity index (χ1v) is 37.2. The number of hydrogen-bond acceptors (Lipinski definition) is 21. The summed E-state index contributed by atoms with van der Waals surface area (Å²) >= 11 is 0. The van der Waals surface area contributed by atoms with Gasteiger partial charge in [-0.05, 0) is 123 Å². The molecule has 0 radical (unpaired) electrons. The van der Waals surface area contributed by atoms with Crippen LogP contribution in [0.5, 0.6) is 0 Å². The van der Waals surface area contributed by atoms with Crippen molar-refractivity contribution in [1.29, 1.82) is 0 Å². The van der Waals surface area contributed by atoms with Crippen LogP contribution in [0.1, 0.15) is 192 Å². The maximum atomic E-state index is 13.9. The van der Waals surface area contributed by atoms with E-state index in [-0.39, 0.29) is 86.7 Å². The molecule has 0 aliphatic carbocycles. The second-order valence-electron chi connectivity index (χ2n) is 30.5. The van der Waals surface area contributed by atoms with Crippen LogP contribution < -0.4 is 0 Å². The Kier molecular flexibility index (Phi) is 37.7. The topological polar surface area (TPSA) is 309 Å². The molecule has 5 aliphatic heterocycles. The van der Waals surface area contributed by atoms with Gasteiger partial charge in [-0.25, -0.2) is 9.59 Å². The number of methoxy groups -OCH3 is 4. The van der Waals surface area contributed by atoms with Gasteiger partial charge in [-0.3, -0.25) is 0 Å². The normalized spacial score (nSPS) is 41.5. The van der Waals surface area contributed by atoms with Gasteiger partial charge in [-0.15, -0.1) is 0 Å². The molecule has 99 heavy (non-hydrogen) atoms. The van der Waals surface area contributed by atoms with Gasteiger partial charge in [0.1, 0.15) is 12.2 Å². The van der Waals surface area contributed by atoms with Gasteiger partial charge >= 0.3 is 11.9 Å². The molecule has 0 aromatic heterocycles. The van der Waals surface area contributed by atoms with Crippen LogP contribution in [0.3, 0.4) is 0 Å². The highest BCUT2D eigenvalue weighted by molar-refractivity contribution is 5.83. The van der Waals surface area contributed by atoms with Gasteiger partial charge in [0.05, 0.1) is 128 Å². The van der Waals surface area contributed by atoms with Crippen molar-refractivity contribution in [2.45, 2.75) is 333 Å². The van der Waals surface area contributed by atoms with Gasteiger partial charge in [0, 0.05) is 102 Å². The molecule has 0 aromatic carbocycles. The highest BCUT2D eigenvalue weighted by Gasteiger charge is 2.43. The number of aliphatic hydroxyl groups is 9. The summed E-state index contributed by atoms with van der Waals surface area (Å²) < 4.78 is 61.2.